The third-order valence-electron chi connectivity index (χ3n) is 2.69. The Morgan fingerprint density at radius 2 is 1.95 bits per heavy atom. The standard InChI is InChI=1S/C15H10ClN3O2/c16-11-6-4-10(5-7-11)14-19-12(15(20)21-14)9-18-13-3-1-2-8-17-13/h1-9,20H/b18-9+. The second kappa shape index (κ2) is 5.76. The van der Waals surface area contributed by atoms with Gasteiger partial charge >= 0.3 is 5.95 Å². The highest BCUT2D eigenvalue weighted by atomic mass is 35.5. The number of oxazole rings is 1. The fourth-order valence-corrected chi connectivity index (χ4v) is 1.81. The van der Waals surface area contributed by atoms with Gasteiger partial charge in [0.1, 0.15) is 0 Å². The van der Waals surface area contributed by atoms with Crippen molar-refractivity contribution in [2.24, 2.45) is 4.99 Å². The molecular formula is C15H10ClN3O2. The fraction of sp³-hybridized carbons (Fsp3) is 0. The van der Waals surface area contributed by atoms with Crippen LogP contribution in [0.5, 0.6) is 5.95 Å². The molecule has 0 saturated carbocycles. The molecule has 0 amide bonds. The summed E-state index contributed by atoms with van der Waals surface area (Å²) < 4.78 is 5.22. The van der Waals surface area contributed by atoms with Crippen LogP contribution >= 0.6 is 11.6 Å². The summed E-state index contributed by atoms with van der Waals surface area (Å²) in [4.78, 5) is 12.4. The number of benzene rings is 1. The number of nitrogens with zero attached hydrogens (tertiary/aromatic N) is 3. The Hall–Kier alpha value is -2.66. The Balaban J connectivity index is 1.88. The van der Waals surface area contributed by atoms with Crippen molar-refractivity contribution in [1.82, 2.24) is 9.97 Å². The number of hydrogen-bond acceptors (Lipinski definition) is 5. The first-order valence-electron chi connectivity index (χ1n) is 6.13. The number of aromatic nitrogens is 2. The van der Waals surface area contributed by atoms with E-state index in [9.17, 15) is 5.11 Å². The van der Waals surface area contributed by atoms with E-state index in [-0.39, 0.29) is 11.6 Å². The van der Waals surface area contributed by atoms with Gasteiger partial charge in [-0.1, -0.05) is 17.7 Å². The Morgan fingerprint density at radius 3 is 2.67 bits per heavy atom. The zero-order valence-electron chi connectivity index (χ0n) is 10.8. The van der Waals surface area contributed by atoms with Crippen LogP contribution in [0.25, 0.3) is 11.5 Å². The van der Waals surface area contributed by atoms with Crippen molar-refractivity contribution in [3.8, 4) is 17.4 Å². The van der Waals surface area contributed by atoms with Crippen molar-refractivity contribution < 1.29 is 9.52 Å². The van der Waals surface area contributed by atoms with Crippen molar-refractivity contribution in [3.05, 3.63) is 59.4 Å². The van der Waals surface area contributed by atoms with Crippen LogP contribution in [-0.4, -0.2) is 21.3 Å². The molecule has 0 fully saturated rings. The van der Waals surface area contributed by atoms with Crippen molar-refractivity contribution in [3.63, 3.8) is 0 Å². The molecule has 3 rings (SSSR count). The summed E-state index contributed by atoms with van der Waals surface area (Å²) in [5, 5.41) is 10.4. The van der Waals surface area contributed by atoms with Crippen LogP contribution in [0.2, 0.25) is 5.02 Å². The van der Waals surface area contributed by atoms with Crippen molar-refractivity contribution >= 4 is 23.6 Å². The zero-order chi connectivity index (χ0) is 14.7. The first kappa shape index (κ1) is 13.3. The molecule has 104 valence electrons. The summed E-state index contributed by atoms with van der Waals surface area (Å²) >= 11 is 5.82. The summed E-state index contributed by atoms with van der Waals surface area (Å²) in [6.45, 7) is 0. The number of pyridine rings is 1. The molecule has 1 N–H and O–H groups in total. The lowest BCUT2D eigenvalue weighted by molar-refractivity contribution is 0.337. The third kappa shape index (κ3) is 3.09. The molecule has 0 aliphatic heterocycles. The molecule has 5 nitrogen and oxygen atoms in total. The van der Waals surface area contributed by atoms with Crippen molar-refractivity contribution in [2.45, 2.75) is 0 Å². The second-order valence-electron chi connectivity index (χ2n) is 4.16. The molecule has 0 saturated heterocycles. The van der Waals surface area contributed by atoms with E-state index in [1.54, 1.807) is 42.6 Å². The molecule has 0 spiro atoms. The average molecular weight is 300 g/mol. The number of aliphatic imine (C=N–C) groups is 1. The normalized spacial score (nSPS) is 11.1. The van der Waals surface area contributed by atoms with Crippen LogP contribution in [0, 0.1) is 0 Å². The van der Waals surface area contributed by atoms with E-state index in [1.165, 1.54) is 6.21 Å². The SMILES string of the molecule is Oc1oc(-c2ccc(Cl)cc2)nc1/C=N/c1ccccn1. The van der Waals surface area contributed by atoms with Gasteiger partial charge in [0.2, 0.25) is 5.89 Å². The minimum atomic E-state index is -0.292. The molecule has 0 bridgehead atoms. The maximum atomic E-state index is 9.76. The fourth-order valence-electron chi connectivity index (χ4n) is 1.68. The van der Waals surface area contributed by atoms with Crippen LogP contribution in [0.1, 0.15) is 5.69 Å². The number of aromatic hydroxyl groups is 1. The largest absolute Gasteiger partial charge is 0.479 e. The minimum absolute atomic E-state index is 0.241. The summed E-state index contributed by atoms with van der Waals surface area (Å²) in [7, 11) is 0. The first-order chi connectivity index (χ1) is 10.2. The lowest BCUT2D eigenvalue weighted by Crippen LogP contribution is -1.83. The molecule has 0 atom stereocenters. The molecule has 1 aromatic carbocycles. The monoisotopic (exact) mass is 299 g/mol. The topological polar surface area (TPSA) is 71.5 Å². The molecule has 0 aliphatic rings. The molecule has 2 heterocycles. The number of hydrogen-bond donors (Lipinski definition) is 1. The Morgan fingerprint density at radius 1 is 1.14 bits per heavy atom. The molecule has 3 aromatic rings. The molecular weight excluding hydrogens is 290 g/mol. The van der Waals surface area contributed by atoms with E-state index < -0.39 is 0 Å². The smallest absolute Gasteiger partial charge is 0.312 e. The molecule has 0 unspecified atom stereocenters. The molecule has 0 radical (unpaired) electrons. The quantitative estimate of drug-likeness (QED) is 0.746. The lowest BCUT2D eigenvalue weighted by atomic mass is 10.2. The van der Waals surface area contributed by atoms with Gasteiger partial charge < -0.3 is 9.52 Å². The Bertz CT molecular complexity index is 767. The van der Waals surface area contributed by atoms with Crippen LogP contribution < -0.4 is 0 Å². The Labute approximate surface area is 125 Å². The van der Waals surface area contributed by atoms with Gasteiger partial charge in [0.15, 0.2) is 11.5 Å². The minimum Gasteiger partial charge on any atom is -0.479 e. The van der Waals surface area contributed by atoms with Crippen LogP contribution in [0.15, 0.2) is 58.1 Å². The summed E-state index contributed by atoms with van der Waals surface area (Å²) in [5.74, 6) is 0.527. The summed E-state index contributed by atoms with van der Waals surface area (Å²) in [5.41, 5.74) is 0.956. The van der Waals surface area contributed by atoms with Gasteiger partial charge in [-0.25, -0.2) is 15.0 Å². The van der Waals surface area contributed by atoms with E-state index >= 15 is 0 Å². The molecule has 6 heteroatoms. The summed E-state index contributed by atoms with van der Waals surface area (Å²) in [6, 6.07) is 12.3. The van der Waals surface area contributed by atoms with E-state index in [4.69, 9.17) is 16.0 Å². The lowest BCUT2D eigenvalue weighted by Gasteiger charge is -1.93. The Kier molecular flexibility index (Phi) is 3.66. The van der Waals surface area contributed by atoms with E-state index in [0.29, 0.717) is 22.3 Å². The molecule has 21 heavy (non-hydrogen) atoms. The van der Waals surface area contributed by atoms with Gasteiger partial charge in [-0.15, -0.1) is 0 Å². The highest BCUT2D eigenvalue weighted by Gasteiger charge is 2.12. The highest BCUT2D eigenvalue weighted by molar-refractivity contribution is 6.30. The number of halogens is 1. The van der Waals surface area contributed by atoms with Crippen molar-refractivity contribution in [1.29, 1.82) is 0 Å². The predicted octanol–water partition coefficient (Wildman–Crippen LogP) is 3.85. The van der Waals surface area contributed by atoms with Gasteiger partial charge in [0, 0.05) is 16.8 Å². The van der Waals surface area contributed by atoms with E-state index in [1.807, 2.05) is 6.07 Å². The average Bonchev–Trinajstić information content (AvgIpc) is 2.88. The van der Waals surface area contributed by atoms with Crippen LogP contribution in [0.3, 0.4) is 0 Å². The van der Waals surface area contributed by atoms with E-state index in [2.05, 4.69) is 15.0 Å². The third-order valence-corrected chi connectivity index (χ3v) is 2.95. The molecule has 0 aliphatic carbocycles. The van der Waals surface area contributed by atoms with Gasteiger partial charge in [0.05, 0.1) is 6.21 Å². The maximum absolute atomic E-state index is 9.76. The van der Waals surface area contributed by atoms with Crippen LogP contribution in [-0.2, 0) is 0 Å². The first-order valence-corrected chi connectivity index (χ1v) is 6.51. The maximum Gasteiger partial charge on any atom is 0.312 e. The van der Waals surface area contributed by atoms with Gasteiger partial charge in [-0.05, 0) is 36.4 Å². The predicted molar refractivity (Wildman–Crippen MR) is 80.1 cm³/mol. The van der Waals surface area contributed by atoms with Crippen molar-refractivity contribution in [2.75, 3.05) is 0 Å². The van der Waals surface area contributed by atoms with Gasteiger partial charge in [-0.3, -0.25) is 0 Å². The van der Waals surface area contributed by atoms with E-state index in [0.717, 1.165) is 0 Å². The van der Waals surface area contributed by atoms with Gasteiger partial charge in [0.25, 0.3) is 0 Å². The van der Waals surface area contributed by atoms with Crippen LogP contribution in [0.4, 0.5) is 5.82 Å². The zero-order valence-corrected chi connectivity index (χ0v) is 11.5. The molecule has 2 aromatic heterocycles. The highest BCUT2D eigenvalue weighted by Crippen LogP contribution is 2.26. The number of rotatable bonds is 3. The second-order valence-corrected chi connectivity index (χ2v) is 4.60. The summed E-state index contributed by atoms with van der Waals surface area (Å²) in [6.07, 6.45) is 3.04. The van der Waals surface area contributed by atoms with Gasteiger partial charge in [-0.2, -0.15) is 0 Å².